The van der Waals surface area contributed by atoms with E-state index in [2.05, 4.69) is 15.3 Å². The molecule has 1 aliphatic carbocycles. The second kappa shape index (κ2) is 12.0. The molecule has 0 saturated heterocycles. The van der Waals surface area contributed by atoms with Crippen molar-refractivity contribution in [2.24, 2.45) is 11.7 Å². The third-order valence-corrected chi connectivity index (χ3v) is 6.33. The minimum absolute atomic E-state index is 0. The van der Waals surface area contributed by atoms with Crippen molar-refractivity contribution in [1.82, 2.24) is 9.97 Å². The van der Waals surface area contributed by atoms with E-state index in [1.54, 1.807) is 12.3 Å². The number of nitrogens with one attached hydrogen (secondary N) is 1. The number of aliphatic hydroxyl groups excluding tert-OH is 1. The van der Waals surface area contributed by atoms with E-state index in [4.69, 9.17) is 5.73 Å². The molecule has 2 aromatic heterocycles. The highest BCUT2D eigenvalue weighted by atomic mass is 19.1. The van der Waals surface area contributed by atoms with Gasteiger partial charge in [-0.15, -0.1) is 0 Å². The van der Waals surface area contributed by atoms with E-state index in [1.807, 2.05) is 6.92 Å². The topological polar surface area (TPSA) is 101 Å². The molecule has 2 heterocycles. The van der Waals surface area contributed by atoms with Crippen LogP contribution < -0.4 is 11.1 Å². The first kappa shape index (κ1) is 28.8. The number of carbonyl (C=O) groups excluding carboxylic acids is 1. The summed E-state index contributed by atoms with van der Waals surface area (Å²) >= 11 is 0. The van der Waals surface area contributed by atoms with Crippen molar-refractivity contribution < 1.29 is 32.5 Å². The van der Waals surface area contributed by atoms with Crippen LogP contribution >= 0.6 is 0 Å². The van der Waals surface area contributed by atoms with E-state index in [9.17, 15) is 23.1 Å². The molecule has 4 rings (SSSR count). The molecule has 0 radical (unpaired) electrons. The number of aromatic nitrogens is 2. The largest absolute Gasteiger partial charge is 0.391 e. The lowest BCUT2D eigenvalue weighted by Crippen LogP contribution is -2.44. The molecule has 1 fully saturated rings. The number of nitrogens with two attached hydrogens (primary N) is 1. The van der Waals surface area contributed by atoms with E-state index in [0.717, 1.165) is 11.6 Å². The summed E-state index contributed by atoms with van der Waals surface area (Å²) in [6, 6.07) is 7.55. The Morgan fingerprint density at radius 3 is 2.61 bits per heavy atom. The number of anilines is 1. The Morgan fingerprint density at radius 2 is 1.92 bits per heavy atom. The molecule has 194 valence electrons. The summed E-state index contributed by atoms with van der Waals surface area (Å²) in [6.07, 6.45) is 3.76. The number of amides is 1. The van der Waals surface area contributed by atoms with E-state index < -0.39 is 30.3 Å². The van der Waals surface area contributed by atoms with Crippen molar-refractivity contribution in [2.45, 2.75) is 44.5 Å². The van der Waals surface area contributed by atoms with Crippen molar-refractivity contribution in [3.63, 3.8) is 0 Å². The third kappa shape index (κ3) is 5.68. The van der Waals surface area contributed by atoms with E-state index in [1.165, 1.54) is 30.5 Å². The first-order chi connectivity index (χ1) is 16.3. The quantitative estimate of drug-likeness (QED) is 0.434. The Hall–Kier alpha value is -3.44. The predicted molar refractivity (Wildman–Crippen MR) is 127 cm³/mol. The monoisotopic (exact) mass is 510 g/mol. The first-order valence-corrected chi connectivity index (χ1v) is 11.0. The molecule has 1 aromatic carbocycles. The molecule has 0 aliphatic heterocycles. The molecule has 1 amide bonds. The number of pyridine rings is 2. The molecule has 3 aromatic rings. The van der Waals surface area contributed by atoms with Gasteiger partial charge in [-0.25, -0.2) is 18.2 Å². The van der Waals surface area contributed by atoms with Gasteiger partial charge in [0.25, 0.3) is 5.91 Å². The van der Waals surface area contributed by atoms with Gasteiger partial charge in [-0.05, 0) is 54.5 Å². The van der Waals surface area contributed by atoms with Gasteiger partial charge in [0.1, 0.15) is 29.7 Å². The average Bonchev–Trinajstić information content (AvgIpc) is 2.83. The first-order valence-electron chi connectivity index (χ1n) is 11.0. The number of hydrogen-bond acceptors (Lipinski definition) is 5. The van der Waals surface area contributed by atoms with Gasteiger partial charge in [0.15, 0.2) is 0 Å². The average molecular weight is 511 g/mol. The Labute approximate surface area is 204 Å². The second-order valence-electron chi connectivity index (χ2n) is 8.66. The molecule has 0 spiro atoms. The van der Waals surface area contributed by atoms with Crippen molar-refractivity contribution in [2.75, 3.05) is 5.32 Å². The number of benzene rings is 1. The fourth-order valence-electron chi connectivity index (χ4n) is 4.50. The van der Waals surface area contributed by atoms with Crippen LogP contribution in [0.3, 0.4) is 0 Å². The molecule has 1 aliphatic rings. The number of hydrogen-bond donors (Lipinski definition) is 3. The van der Waals surface area contributed by atoms with Crippen LogP contribution in [-0.2, 0) is 6.67 Å². The van der Waals surface area contributed by atoms with Gasteiger partial charge in [0.2, 0.25) is 0 Å². The summed E-state index contributed by atoms with van der Waals surface area (Å²) in [5.41, 5.74) is 6.40. The number of carbonyl (C=O) groups is 1. The summed E-state index contributed by atoms with van der Waals surface area (Å²) in [5, 5.41) is 12.9. The van der Waals surface area contributed by atoms with Crippen LogP contribution in [0.25, 0.3) is 11.3 Å². The van der Waals surface area contributed by atoms with E-state index in [0.29, 0.717) is 18.5 Å². The number of nitrogens with zero attached hydrogens (tertiary/aromatic N) is 2. The molecule has 36 heavy (non-hydrogen) atoms. The van der Waals surface area contributed by atoms with Crippen LogP contribution in [0.2, 0.25) is 0 Å². The SMILES string of the molecule is C[C@H]1C[C@@H](c2ccncc2NC(=O)c2ccc(F)c(-c3cccc(CF)c3F)n2)C[C@@H](N)[C@@H]1O.F.F. The zero-order chi connectivity index (χ0) is 24.4. The Kier molecular flexibility index (Phi) is 9.60. The van der Waals surface area contributed by atoms with Gasteiger partial charge >= 0.3 is 0 Å². The van der Waals surface area contributed by atoms with Gasteiger partial charge in [-0.1, -0.05) is 19.1 Å². The lowest BCUT2D eigenvalue weighted by atomic mass is 9.74. The van der Waals surface area contributed by atoms with Gasteiger partial charge in [0.05, 0.1) is 18.0 Å². The van der Waals surface area contributed by atoms with Crippen molar-refractivity contribution in [1.29, 1.82) is 0 Å². The minimum atomic E-state index is -1.05. The molecule has 0 unspecified atom stereocenters. The van der Waals surface area contributed by atoms with Crippen molar-refractivity contribution in [3.05, 3.63) is 77.2 Å². The van der Waals surface area contributed by atoms with Gasteiger partial charge in [-0.2, -0.15) is 0 Å². The summed E-state index contributed by atoms with van der Waals surface area (Å²) in [5.74, 6) is -2.40. The maximum Gasteiger partial charge on any atom is 0.274 e. The molecule has 0 bridgehead atoms. The summed E-state index contributed by atoms with van der Waals surface area (Å²) in [4.78, 5) is 21.1. The van der Waals surface area contributed by atoms with E-state index in [-0.39, 0.29) is 49.8 Å². The lowest BCUT2D eigenvalue weighted by Gasteiger charge is -2.36. The zero-order valence-corrected chi connectivity index (χ0v) is 19.3. The van der Waals surface area contributed by atoms with Crippen molar-refractivity contribution >= 4 is 11.6 Å². The zero-order valence-electron chi connectivity index (χ0n) is 19.3. The number of alkyl halides is 1. The second-order valence-corrected chi connectivity index (χ2v) is 8.66. The van der Waals surface area contributed by atoms with Crippen LogP contribution in [0.15, 0.2) is 48.8 Å². The molecule has 4 N–H and O–H groups in total. The maximum absolute atomic E-state index is 14.6. The Morgan fingerprint density at radius 1 is 1.17 bits per heavy atom. The highest BCUT2D eigenvalue weighted by Gasteiger charge is 2.34. The molecule has 11 heteroatoms. The van der Waals surface area contributed by atoms with Crippen LogP contribution in [-0.4, -0.2) is 33.1 Å². The summed E-state index contributed by atoms with van der Waals surface area (Å²) in [6.45, 7) is 0.878. The van der Waals surface area contributed by atoms with Crippen molar-refractivity contribution in [3.8, 4) is 11.3 Å². The number of rotatable bonds is 5. The Bertz CT molecular complexity index is 1200. The highest BCUT2D eigenvalue weighted by Crippen LogP contribution is 2.38. The standard InChI is InChI=1S/C25H25F3N4O2.2FH/c1-13-9-15(10-19(29)24(13)33)16-7-8-30-12-21(16)32-25(34)20-6-5-18(27)23(31-20)17-4-2-3-14(11-26)22(17)28;;/h2-8,12-13,15,19,24,33H,9-11,29H2,1H3,(H,32,34);2*1H/t13-,15+,19+,24+;;/m0../s1. The minimum Gasteiger partial charge on any atom is -0.391 e. The van der Waals surface area contributed by atoms with Crippen LogP contribution in [0.4, 0.5) is 28.3 Å². The smallest absolute Gasteiger partial charge is 0.274 e. The molecular weight excluding hydrogens is 483 g/mol. The fourth-order valence-corrected chi connectivity index (χ4v) is 4.50. The van der Waals surface area contributed by atoms with Crippen LogP contribution in [0.1, 0.15) is 47.3 Å². The fraction of sp³-hybridized carbons (Fsp3) is 0.320. The molecule has 1 saturated carbocycles. The lowest BCUT2D eigenvalue weighted by molar-refractivity contribution is 0.0521. The number of halogens is 5. The molecule has 4 atom stereocenters. The van der Waals surface area contributed by atoms with E-state index >= 15 is 0 Å². The van der Waals surface area contributed by atoms with Crippen LogP contribution in [0.5, 0.6) is 0 Å². The van der Waals surface area contributed by atoms with Crippen LogP contribution in [0, 0.1) is 17.6 Å². The molecular formula is C25H27F5N4O2. The third-order valence-electron chi connectivity index (χ3n) is 6.33. The summed E-state index contributed by atoms with van der Waals surface area (Å²) < 4.78 is 42.1. The maximum atomic E-state index is 14.6. The molecule has 6 nitrogen and oxygen atoms in total. The van der Waals surface area contributed by atoms with Gasteiger partial charge in [0, 0.05) is 23.4 Å². The highest BCUT2D eigenvalue weighted by molar-refractivity contribution is 6.03. The number of aliphatic hydroxyl groups is 1. The predicted octanol–water partition coefficient (Wildman–Crippen LogP) is 4.65. The normalized spacial score (nSPS) is 21.2. The summed E-state index contributed by atoms with van der Waals surface area (Å²) in [7, 11) is 0. The van der Waals surface area contributed by atoms with Gasteiger partial charge in [-0.3, -0.25) is 19.2 Å². The van der Waals surface area contributed by atoms with Gasteiger partial charge < -0.3 is 16.2 Å². The Balaban J connectivity index is 0.00000228.